The molecule has 0 saturated carbocycles. The van der Waals surface area contributed by atoms with Gasteiger partial charge in [-0.2, -0.15) is 0 Å². The minimum absolute atomic E-state index is 0.458. The molecule has 2 nitrogen and oxygen atoms in total. The van der Waals surface area contributed by atoms with Crippen molar-refractivity contribution >= 4 is 15.9 Å². The van der Waals surface area contributed by atoms with Crippen LogP contribution in [0.3, 0.4) is 0 Å². The number of benzene rings is 1. The monoisotopic (exact) mass is 304 g/mol. The highest BCUT2D eigenvalue weighted by molar-refractivity contribution is 9.10. The van der Waals surface area contributed by atoms with Gasteiger partial charge in [0, 0.05) is 29.5 Å². The van der Waals surface area contributed by atoms with Crippen LogP contribution in [0.1, 0.15) is 18.1 Å². The summed E-state index contributed by atoms with van der Waals surface area (Å²) in [7, 11) is 0. The first-order chi connectivity index (χ1) is 8.74. The fourth-order valence-corrected chi connectivity index (χ4v) is 2.10. The van der Waals surface area contributed by atoms with E-state index >= 15 is 0 Å². The van der Waals surface area contributed by atoms with Crippen molar-refractivity contribution in [1.29, 1.82) is 0 Å². The maximum atomic E-state index is 4.02. The molecule has 1 heterocycles. The number of pyridine rings is 1. The molecular formula is C15H17BrN2. The van der Waals surface area contributed by atoms with Gasteiger partial charge in [0.1, 0.15) is 0 Å². The molecule has 0 aliphatic heterocycles. The van der Waals surface area contributed by atoms with Crippen molar-refractivity contribution in [2.75, 3.05) is 0 Å². The van der Waals surface area contributed by atoms with Crippen LogP contribution in [0.25, 0.3) is 0 Å². The molecule has 0 aliphatic rings. The lowest BCUT2D eigenvalue weighted by Gasteiger charge is -2.14. The van der Waals surface area contributed by atoms with Gasteiger partial charge in [-0.1, -0.05) is 28.1 Å². The average molecular weight is 305 g/mol. The number of halogens is 1. The predicted octanol–water partition coefficient (Wildman–Crippen LogP) is 3.56. The van der Waals surface area contributed by atoms with Crippen LogP contribution in [-0.2, 0) is 13.0 Å². The Morgan fingerprint density at radius 2 is 1.72 bits per heavy atom. The quantitative estimate of drug-likeness (QED) is 0.913. The third kappa shape index (κ3) is 4.24. The minimum atomic E-state index is 0.458. The molecule has 1 atom stereocenters. The Bertz CT molecular complexity index is 468. The number of hydrogen-bond acceptors (Lipinski definition) is 2. The zero-order valence-electron chi connectivity index (χ0n) is 10.4. The topological polar surface area (TPSA) is 24.9 Å². The van der Waals surface area contributed by atoms with Crippen LogP contribution in [0.15, 0.2) is 53.3 Å². The molecule has 0 amide bonds. The Kier molecular flexibility index (Phi) is 4.90. The first-order valence-corrected chi connectivity index (χ1v) is 6.90. The molecule has 0 aliphatic carbocycles. The van der Waals surface area contributed by atoms with E-state index in [1.807, 2.05) is 24.5 Å². The van der Waals surface area contributed by atoms with Crippen molar-refractivity contribution < 1.29 is 0 Å². The van der Waals surface area contributed by atoms with Crippen LogP contribution < -0.4 is 5.32 Å². The molecule has 3 heteroatoms. The van der Waals surface area contributed by atoms with Crippen molar-refractivity contribution in [2.24, 2.45) is 0 Å². The van der Waals surface area contributed by atoms with E-state index in [9.17, 15) is 0 Å². The smallest absolute Gasteiger partial charge is 0.0271 e. The molecule has 94 valence electrons. The molecule has 1 N–H and O–H groups in total. The van der Waals surface area contributed by atoms with Gasteiger partial charge in [-0.25, -0.2) is 0 Å². The molecule has 1 unspecified atom stereocenters. The molecule has 2 aromatic rings. The van der Waals surface area contributed by atoms with E-state index < -0.39 is 0 Å². The van der Waals surface area contributed by atoms with Gasteiger partial charge in [0.25, 0.3) is 0 Å². The van der Waals surface area contributed by atoms with Crippen LogP contribution in [0, 0.1) is 0 Å². The predicted molar refractivity (Wildman–Crippen MR) is 78.4 cm³/mol. The Hall–Kier alpha value is -1.19. The largest absolute Gasteiger partial charge is 0.310 e. The fourth-order valence-electron chi connectivity index (χ4n) is 1.84. The highest BCUT2D eigenvalue weighted by Gasteiger charge is 2.03. The Morgan fingerprint density at radius 1 is 1.06 bits per heavy atom. The number of nitrogens with one attached hydrogen (secondary N) is 1. The second-order valence-electron chi connectivity index (χ2n) is 4.47. The van der Waals surface area contributed by atoms with E-state index in [1.165, 1.54) is 11.1 Å². The second kappa shape index (κ2) is 6.66. The van der Waals surface area contributed by atoms with Gasteiger partial charge in [0.2, 0.25) is 0 Å². The van der Waals surface area contributed by atoms with E-state index in [2.05, 4.69) is 57.4 Å². The van der Waals surface area contributed by atoms with Crippen molar-refractivity contribution in [3.63, 3.8) is 0 Å². The minimum Gasteiger partial charge on any atom is -0.310 e. The molecular weight excluding hydrogens is 288 g/mol. The van der Waals surface area contributed by atoms with E-state index in [0.717, 1.165) is 17.4 Å². The zero-order valence-corrected chi connectivity index (χ0v) is 12.0. The van der Waals surface area contributed by atoms with Crippen molar-refractivity contribution in [3.8, 4) is 0 Å². The van der Waals surface area contributed by atoms with Crippen LogP contribution in [-0.4, -0.2) is 11.0 Å². The number of nitrogens with zero attached hydrogens (tertiary/aromatic N) is 1. The first-order valence-electron chi connectivity index (χ1n) is 6.11. The standard InChI is InChI=1S/C15H17BrN2/c1-12(10-13-2-4-15(16)5-3-13)18-11-14-6-8-17-9-7-14/h2-9,12,18H,10-11H2,1H3. The highest BCUT2D eigenvalue weighted by atomic mass is 79.9. The lowest BCUT2D eigenvalue weighted by Crippen LogP contribution is -2.27. The molecule has 0 spiro atoms. The lowest BCUT2D eigenvalue weighted by molar-refractivity contribution is 0.545. The lowest BCUT2D eigenvalue weighted by atomic mass is 10.1. The van der Waals surface area contributed by atoms with Gasteiger partial charge in [-0.15, -0.1) is 0 Å². The van der Waals surface area contributed by atoms with Gasteiger partial charge in [-0.05, 0) is 48.7 Å². The Morgan fingerprint density at radius 3 is 2.39 bits per heavy atom. The molecule has 0 saturated heterocycles. The van der Waals surface area contributed by atoms with E-state index in [-0.39, 0.29) is 0 Å². The van der Waals surface area contributed by atoms with Crippen molar-refractivity contribution in [2.45, 2.75) is 25.9 Å². The fraction of sp³-hybridized carbons (Fsp3) is 0.267. The maximum absolute atomic E-state index is 4.02. The summed E-state index contributed by atoms with van der Waals surface area (Å²) in [5, 5.41) is 3.52. The van der Waals surface area contributed by atoms with Gasteiger partial charge in [0.05, 0.1) is 0 Å². The molecule has 0 fully saturated rings. The van der Waals surface area contributed by atoms with Crippen molar-refractivity contribution in [1.82, 2.24) is 10.3 Å². The van der Waals surface area contributed by atoms with Gasteiger partial charge >= 0.3 is 0 Å². The maximum Gasteiger partial charge on any atom is 0.0271 e. The third-order valence-corrected chi connectivity index (χ3v) is 3.39. The summed E-state index contributed by atoms with van der Waals surface area (Å²) < 4.78 is 1.13. The molecule has 18 heavy (non-hydrogen) atoms. The second-order valence-corrected chi connectivity index (χ2v) is 5.38. The number of hydrogen-bond donors (Lipinski definition) is 1. The first kappa shape index (κ1) is 13.2. The normalized spacial score (nSPS) is 12.3. The molecule has 1 aromatic carbocycles. The summed E-state index contributed by atoms with van der Waals surface area (Å²) in [6.07, 6.45) is 4.70. The Balaban J connectivity index is 1.82. The molecule has 0 radical (unpaired) electrons. The third-order valence-electron chi connectivity index (χ3n) is 2.86. The SMILES string of the molecule is CC(Cc1ccc(Br)cc1)NCc1ccncc1. The molecule has 0 bridgehead atoms. The van der Waals surface area contributed by atoms with Crippen LogP contribution >= 0.6 is 15.9 Å². The molecule has 1 aromatic heterocycles. The van der Waals surface area contributed by atoms with E-state index in [4.69, 9.17) is 0 Å². The summed E-state index contributed by atoms with van der Waals surface area (Å²) in [6, 6.07) is 13.0. The van der Waals surface area contributed by atoms with E-state index in [0.29, 0.717) is 6.04 Å². The Labute approximate surface area is 117 Å². The van der Waals surface area contributed by atoms with Gasteiger partial charge in [0.15, 0.2) is 0 Å². The van der Waals surface area contributed by atoms with Crippen LogP contribution in [0.4, 0.5) is 0 Å². The molecule has 2 rings (SSSR count). The summed E-state index contributed by atoms with van der Waals surface area (Å²) >= 11 is 3.45. The summed E-state index contributed by atoms with van der Waals surface area (Å²) in [5.74, 6) is 0. The van der Waals surface area contributed by atoms with E-state index in [1.54, 1.807) is 0 Å². The summed E-state index contributed by atoms with van der Waals surface area (Å²) in [5.41, 5.74) is 2.63. The number of aromatic nitrogens is 1. The zero-order chi connectivity index (χ0) is 12.8. The number of rotatable bonds is 5. The highest BCUT2D eigenvalue weighted by Crippen LogP contribution is 2.12. The van der Waals surface area contributed by atoms with Crippen LogP contribution in [0.2, 0.25) is 0 Å². The van der Waals surface area contributed by atoms with Gasteiger partial charge < -0.3 is 5.32 Å². The summed E-state index contributed by atoms with van der Waals surface area (Å²) in [4.78, 5) is 4.02. The van der Waals surface area contributed by atoms with Crippen LogP contribution in [0.5, 0.6) is 0 Å². The van der Waals surface area contributed by atoms with Gasteiger partial charge in [-0.3, -0.25) is 4.98 Å². The van der Waals surface area contributed by atoms with Crippen molar-refractivity contribution in [3.05, 3.63) is 64.4 Å². The summed E-state index contributed by atoms with van der Waals surface area (Å²) in [6.45, 7) is 3.10. The average Bonchev–Trinajstić information content (AvgIpc) is 2.40.